The molecule has 0 radical (unpaired) electrons. The third-order valence-electron chi connectivity index (χ3n) is 21.7. The van der Waals surface area contributed by atoms with Crippen LogP contribution in [0.4, 0.5) is 40.3 Å². The van der Waals surface area contributed by atoms with Gasteiger partial charge in [-0.25, -0.2) is 22.4 Å². The molecule has 0 bridgehead atoms. The number of nitrogens with zero attached hydrogens (tertiary/aromatic N) is 4. The molecule has 4 atom stereocenters. The van der Waals surface area contributed by atoms with E-state index >= 15 is 0 Å². The lowest BCUT2D eigenvalue weighted by molar-refractivity contribution is -0.150. The van der Waals surface area contributed by atoms with Gasteiger partial charge in [0, 0.05) is 141 Å². The molecule has 730 valence electrons. The van der Waals surface area contributed by atoms with Crippen molar-refractivity contribution in [3.63, 3.8) is 0 Å². The van der Waals surface area contributed by atoms with E-state index in [9.17, 15) is 94.9 Å². The van der Waals surface area contributed by atoms with Gasteiger partial charge in [0.15, 0.2) is 5.78 Å². The summed E-state index contributed by atoms with van der Waals surface area (Å²) in [6, 6.07) is 26.1. The lowest BCUT2D eigenvalue weighted by Crippen LogP contribution is -2.54. The number of rotatable bonds is 44. The highest BCUT2D eigenvalue weighted by Crippen LogP contribution is 2.37. The maximum absolute atomic E-state index is 13.5. The molecule has 2 aromatic heterocycles. The van der Waals surface area contributed by atoms with Crippen LogP contribution in [-0.4, -0.2) is 291 Å². The second kappa shape index (κ2) is 51.1. The van der Waals surface area contributed by atoms with Crippen molar-refractivity contribution in [2.45, 2.75) is 87.7 Å². The van der Waals surface area contributed by atoms with Crippen LogP contribution in [-0.2, 0) is 94.1 Å². The Morgan fingerprint density at radius 1 is 0.471 bits per heavy atom. The number of Topliss-reactive ketones (excluding diaryl/α,β-unsaturated/α-hetero) is 1. The van der Waals surface area contributed by atoms with Gasteiger partial charge in [0.05, 0.1) is 127 Å². The number of aromatic amines is 2. The number of hydrogen-bond acceptors (Lipinski definition) is 28. The molecular weight excluding hydrogens is 1840 g/mol. The van der Waals surface area contributed by atoms with Crippen molar-refractivity contribution in [3.8, 4) is 0 Å². The number of anilines is 4. The Kier molecular flexibility index (Phi) is 40.1. The van der Waals surface area contributed by atoms with E-state index in [4.69, 9.17) is 58.6 Å². The van der Waals surface area contributed by atoms with Crippen molar-refractivity contribution in [2.75, 3.05) is 159 Å². The molecule has 14 rings (SSSR count). The molecule has 4 fully saturated rings. The monoisotopic (exact) mass is 1940 g/mol. The number of benzene rings is 6. The molecule has 0 aliphatic carbocycles. The number of carbonyl (C=O) groups is 15. The summed E-state index contributed by atoms with van der Waals surface area (Å²) in [5.41, 5.74) is 5.06. The van der Waals surface area contributed by atoms with Crippen LogP contribution in [0, 0.1) is 23.3 Å². The summed E-state index contributed by atoms with van der Waals surface area (Å²) in [5.74, 6) is -12.5. The van der Waals surface area contributed by atoms with Crippen LogP contribution in [0.25, 0.3) is 21.8 Å². The first-order chi connectivity index (χ1) is 64.5. The minimum Gasteiger partial charge on any atom is -0.483 e. The number of carbonyl (C=O) groups excluding carboxylic acids is 13. The van der Waals surface area contributed by atoms with Crippen molar-refractivity contribution in [3.05, 3.63) is 189 Å². The predicted octanol–water partition coefficient (Wildman–Crippen LogP) is 4.15. The molecule has 136 heavy (non-hydrogen) atoms. The smallest absolute Gasteiger partial charge is 0.352 e. The van der Waals surface area contributed by atoms with Gasteiger partial charge in [0.1, 0.15) is 41.0 Å². The van der Waals surface area contributed by atoms with Gasteiger partial charge in [-0.05, 0) is 127 Å². The molecule has 8 aromatic rings. The number of fused-ring (bicyclic) bond motifs is 4. The van der Waals surface area contributed by atoms with Gasteiger partial charge in [-0.3, -0.25) is 87.6 Å². The number of amides is 12. The molecule has 4 saturated heterocycles. The van der Waals surface area contributed by atoms with Crippen LogP contribution >= 0.6 is 27.0 Å². The van der Waals surface area contributed by atoms with Crippen LogP contribution in [0.1, 0.15) is 125 Å². The summed E-state index contributed by atoms with van der Waals surface area (Å²) in [7, 11) is 0. The van der Waals surface area contributed by atoms with E-state index in [0.717, 1.165) is 34.1 Å². The van der Waals surface area contributed by atoms with Gasteiger partial charge >= 0.3 is 5.97 Å². The summed E-state index contributed by atoms with van der Waals surface area (Å²) in [6.45, 7) is 6.80. The molecule has 14 N–H and O–H groups in total. The number of H-pyrrole nitrogens is 2. The number of hydrogen-bond donors (Lipinski definition) is 13. The van der Waals surface area contributed by atoms with E-state index in [1.165, 1.54) is 21.9 Å². The zero-order chi connectivity index (χ0) is 96.2. The number of imide groups is 4. The summed E-state index contributed by atoms with van der Waals surface area (Å²) in [6.07, 6.45) is 0.638. The van der Waals surface area contributed by atoms with Gasteiger partial charge < -0.3 is 105 Å². The number of ether oxygens (including phenoxy) is 8. The van der Waals surface area contributed by atoms with E-state index < -0.39 is 123 Å². The molecule has 40 nitrogen and oxygen atoms in total. The summed E-state index contributed by atoms with van der Waals surface area (Å²) in [5, 5.41) is 54.2. The Morgan fingerprint density at radius 2 is 0.831 bits per heavy atom. The van der Waals surface area contributed by atoms with Gasteiger partial charge in [0.2, 0.25) is 34.8 Å². The highest BCUT2D eigenvalue weighted by Gasteiger charge is 2.54. The van der Waals surface area contributed by atoms with Crippen LogP contribution in [0.15, 0.2) is 121 Å². The van der Waals surface area contributed by atoms with E-state index in [1.54, 1.807) is 72.8 Å². The molecule has 2 unspecified atom stereocenters. The number of carboxylic acid groups (broad SMARTS) is 2. The van der Waals surface area contributed by atoms with Gasteiger partial charge in [-0.2, -0.15) is 27.0 Å². The zero-order valence-corrected chi connectivity index (χ0v) is 75.3. The number of nitrogens with two attached hydrogens (primary N) is 1. The lowest BCUT2D eigenvalue weighted by Gasteiger charge is -2.27. The van der Waals surface area contributed by atoms with Gasteiger partial charge in [0.25, 0.3) is 53.7 Å². The SMILES string of the molecule is NCCOCCOCCOCCOCCNc1cccc2c1C(=O)N(C1CCC(=O)NC1=O)C2=O.O=C(O)c1cc2cc(N3CC[C@](O)(C(=O)NCc4cc(F)cc(F)c4)C3=O)ccc2[nH]1.O=C1CCC(N2C(=O)c3cccc(NCCOCCOCCOCCOCCCC(=O)c4cc5cc(N6CC[C@](O)(C(=O)NCc7cc(F)cc(F)c7)C6=O)ccc5[nH]4)c3C2=O)C(=O)N1.O=CO.S.S. The van der Waals surface area contributed by atoms with Crippen molar-refractivity contribution < 1.29 is 148 Å². The highest BCUT2D eigenvalue weighted by molar-refractivity contribution is 7.59. The topological polar surface area (TPSA) is 554 Å². The number of ketones is 1. The Hall–Kier alpha value is -13.0. The number of nitrogens with one attached hydrogen (secondary N) is 8. The molecule has 6 aromatic carbocycles. The first-order valence-corrected chi connectivity index (χ1v) is 42.6. The fraction of sp³-hybridized carbons (Fsp3) is 0.389. The normalized spacial score (nSPS) is 17.7. The Morgan fingerprint density at radius 3 is 1.21 bits per heavy atom. The van der Waals surface area contributed by atoms with Crippen molar-refractivity contribution >= 4 is 161 Å². The number of aromatic carboxylic acids is 1. The van der Waals surface area contributed by atoms with Crippen LogP contribution < -0.4 is 47.4 Å². The fourth-order valence-electron chi connectivity index (χ4n) is 15.2. The minimum absolute atomic E-state index is 0. The largest absolute Gasteiger partial charge is 0.483 e. The molecule has 12 amide bonds. The molecular formula is C90H103F4N13O27S2. The Labute approximate surface area is 787 Å². The standard InChI is InChI=1S/C45H48F2N6O12.C23H32N4O8.C21H17F2N3O5.CH2O2.2H2S/c46-29-21-27(22-30(47)25-29)26-49-43(59)45(61)10-12-52(44(45)60)31-6-7-33-28(23-31)24-35(50-33)37(54)5-2-13-62-15-17-64-19-20-65-18-16-63-14-11-48-34-4-1-3-32-39(34)42(58)53(41(32)57)36-8-9-38(55)51-40(36)56;24-6-8-32-10-12-34-14-15-35-13-11-33-9-7-25-17-3-1-2-16-20(17)23(31)27(22(16)30)18-4-5-19(28)26-21(18)29;22-13-5-11(6-14(23)9-13)10-24-19(29)21(31)3-4-26(20(21)30)15-1-2-16-12(7-15)8-17(25-16)18(27)28;2-1-3;;/h1,3-4,6-7,21-25,36,48,50,61H,2,5,8-20,26H2,(H,49,59)(H,51,55,56);1-3,18,25H,4-15,24H2,(H,26,28,29);1-2,5-9,25,31H,3-4,10H2,(H,24,29)(H,27,28);1H,(H,2,3);2*1H2/t36?,45-;;21-;;;/m0.0.../s1. The summed E-state index contributed by atoms with van der Waals surface area (Å²) < 4.78 is 97.4. The van der Waals surface area contributed by atoms with Crippen LogP contribution in [0.2, 0.25) is 0 Å². The highest BCUT2D eigenvalue weighted by atomic mass is 32.1. The molecule has 0 saturated carbocycles. The Bertz CT molecular complexity index is 5660. The van der Waals surface area contributed by atoms with Gasteiger partial charge in [-0.15, -0.1) is 0 Å². The first-order valence-electron chi connectivity index (χ1n) is 42.6. The lowest BCUT2D eigenvalue weighted by atomic mass is 10.0. The molecule has 6 aliphatic rings. The third-order valence-corrected chi connectivity index (χ3v) is 21.7. The fourth-order valence-corrected chi connectivity index (χ4v) is 15.2. The Balaban J connectivity index is 0.000000246. The maximum atomic E-state index is 13.5. The number of aliphatic hydroxyl groups is 2. The van der Waals surface area contributed by atoms with Crippen molar-refractivity contribution in [2.24, 2.45) is 5.73 Å². The van der Waals surface area contributed by atoms with E-state index in [1.807, 2.05) is 0 Å². The molecule has 46 heteroatoms. The minimum atomic E-state index is -2.36. The maximum Gasteiger partial charge on any atom is 0.352 e. The van der Waals surface area contributed by atoms with E-state index in [2.05, 4.69) is 41.9 Å². The van der Waals surface area contributed by atoms with Crippen LogP contribution in [0.3, 0.4) is 0 Å². The summed E-state index contributed by atoms with van der Waals surface area (Å²) in [4.78, 5) is 194. The second-order valence-corrected chi connectivity index (χ2v) is 30.8. The number of aromatic nitrogens is 2. The molecule has 0 spiro atoms. The van der Waals surface area contributed by atoms with E-state index in [0.29, 0.717) is 194 Å². The first kappa shape index (κ1) is 107. The quantitative estimate of drug-likeness (QED) is 0.00637. The third kappa shape index (κ3) is 27.5. The predicted molar refractivity (Wildman–Crippen MR) is 486 cm³/mol. The average Bonchev–Trinajstić information content (AvgIpc) is 1.60. The van der Waals surface area contributed by atoms with E-state index in [-0.39, 0.29) is 149 Å². The van der Waals surface area contributed by atoms with Crippen LogP contribution in [0.5, 0.6) is 0 Å². The number of carboxylic acids is 1. The molecule has 6 aliphatic heterocycles. The van der Waals surface area contributed by atoms with Crippen molar-refractivity contribution in [1.29, 1.82) is 0 Å². The number of piperidine rings is 2. The summed E-state index contributed by atoms with van der Waals surface area (Å²) >= 11 is 0. The second-order valence-electron chi connectivity index (χ2n) is 30.8. The van der Waals surface area contributed by atoms with Gasteiger partial charge in [-0.1, -0.05) is 12.1 Å². The van der Waals surface area contributed by atoms with Crippen molar-refractivity contribution in [1.82, 2.24) is 41.0 Å². The average molecular weight is 1940 g/mol. The molecule has 8 heterocycles. The number of halogens is 4. The zero-order valence-electron chi connectivity index (χ0n) is 73.3.